The fraction of sp³-hybridized carbons (Fsp3) is 0.333. The fourth-order valence-corrected chi connectivity index (χ4v) is 3.07. The van der Waals surface area contributed by atoms with E-state index in [-0.39, 0.29) is 53.3 Å². The highest BCUT2D eigenvalue weighted by atomic mass is 19.1. The summed E-state index contributed by atoms with van der Waals surface area (Å²) in [6.07, 6.45) is 0.662. The summed E-state index contributed by atoms with van der Waals surface area (Å²) in [6.45, 7) is 3.64. The van der Waals surface area contributed by atoms with E-state index in [1.807, 2.05) is 0 Å². The van der Waals surface area contributed by atoms with E-state index in [0.29, 0.717) is 13.0 Å². The summed E-state index contributed by atoms with van der Waals surface area (Å²) in [5.74, 6) is -0.649. The molecular weight excluding hydrogens is 365 g/mol. The van der Waals surface area contributed by atoms with Crippen molar-refractivity contribution < 1.29 is 28.6 Å². The molecule has 0 atom stereocenters. The largest absolute Gasteiger partial charge is 0.507 e. The number of phenols is 1. The van der Waals surface area contributed by atoms with E-state index in [9.17, 15) is 19.1 Å². The molecule has 0 aliphatic carbocycles. The second kappa shape index (κ2) is 7.88. The van der Waals surface area contributed by atoms with E-state index in [2.05, 4.69) is 5.32 Å². The number of rotatable bonds is 6. The maximum Gasteiger partial charge on any atom is 0.257 e. The van der Waals surface area contributed by atoms with Crippen LogP contribution in [0.5, 0.6) is 17.2 Å². The highest BCUT2D eigenvalue weighted by molar-refractivity contribution is 6.03. The van der Waals surface area contributed by atoms with Gasteiger partial charge in [-0.25, -0.2) is 4.39 Å². The van der Waals surface area contributed by atoms with Gasteiger partial charge >= 0.3 is 0 Å². The number of halogens is 1. The third-order valence-electron chi connectivity index (χ3n) is 4.30. The van der Waals surface area contributed by atoms with Crippen LogP contribution in [0.2, 0.25) is 0 Å². The first kappa shape index (κ1) is 19.7. The normalized spacial score (nSPS) is 14.8. The Morgan fingerprint density at radius 3 is 2.86 bits per heavy atom. The zero-order valence-corrected chi connectivity index (χ0v) is 15.8. The van der Waals surface area contributed by atoms with Gasteiger partial charge in [0.05, 0.1) is 6.42 Å². The van der Waals surface area contributed by atoms with E-state index in [4.69, 9.17) is 9.47 Å². The monoisotopic (exact) mass is 387 g/mol. The second-order valence-electron chi connectivity index (χ2n) is 7.30. The molecule has 0 bridgehead atoms. The lowest BCUT2D eigenvalue weighted by molar-refractivity contribution is -0.123. The van der Waals surface area contributed by atoms with Gasteiger partial charge in [0.1, 0.15) is 34.2 Å². The predicted octanol–water partition coefficient (Wildman–Crippen LogP) is 3.01. The fourth-order valence-electron chi connectivity index (χ4n) is 3.07. The van der Waals surface area contributed by atoms with Gasteiger partial charge in [-0.3, -0.25) is 9.59 Å². The Kier molecular flexibility index (Phi) is 5.53. The molecule has 28 heavy (non-hydrogen) atoms. The number of hydrogen-bond acceptors (Lipinski definition) is 5. The molecule has 148 valence electrons. The second-order valence-corrected chi connectivity index (χ2v) is 7.30. The number of aromatic hydroxyl groups is 1. The smallest absolute Gasteiger partial charge is 0.257 e. The molecule has 6 nitrogen and oxygen atoms in total. The lowest BCUT2D eigenvalue weighted by Crippen LogP contribution is -2.36. The molecule has 0 radical (unpaired) electrons. The van der Waals surface area contributed by atoms with E-state index in [0.717, 1.165) is 5.56 Å². The topological polar surface area (TPSA) is 84.9 Å². The van der Waals surface area contributed by atoms with Gasteiger partial charge in [-0.1, -0.05) is 12.1 Å². The summed E-state index contributed by atoms with van der Waals surface area (Å²) in [5.41, 5.74) is 0.236. The Bertz CT molecular complexity index is 910. The van der Waals surface area contributed by atoms with E-state index in [1.54, 1.807) is 26.0 Å². The third kappa shape index (κ3) is 4.79. The molecule has 1 aliphatic heterocycles. The van der Waals surface area contributed by atoms with Crippen LogP contribution >= 0.6 is 0 Å². The molecule has 0 unspecified atom stereocenters. The van der Waals surface area contributed by atoms with Crippen molar-refractivity contribution in [3.05, 3.63) is 53.3 Å². The zero-order valence-electron chi connectivity index (χ0n) is 15.8. The van der Waals surface area contributed by atoms with Crippen molar-refractivity contribution in [1.82, 2.24) is 5.32 Å². The van der Waals surface area contributed by atoms with E-state index < -0.39 is 5.60 Å². The van der Waals surface area contributed by atoms with Crippen molar-refractivity contribution in [3.8, 4) is 17.2 Å². The predicted molar refractivity (Wildman–Crippen MR) is 100 cm³/mol. The average Bonchev–Trinajstić information content (AvgIpc) is 2.58. The number of ether oxygens (including phenoxy) is 2. The van der Waals surface area contributed by atoms with Crippen LogP contribution in [-0.2, 0) is 11.2 Å². The molecule has 0 fully saturated rings. The first-order valence-electron chi connectivity index (χ1n) is 8.97. The van der Waals surface area contributed by atoms with Gasteiger partial charge in [0.2, 0.25) is 0 Å². The van der Waals surface area contributed by atoms with Gasteiger partial charge in [0.15, 0.2) is 12.4 Å². The van der Waals surface area contributed by atoms with Crippen molar-refractivity contribution in [3.63, 3.8) is 0 Å². The lowest BCUT2D eigenvalue weighted by Gasteiger charge is -2.32. The van der Waals surface area contributed by atoms with Crippen molar-refractivity contribution >= 4 is 11.7 Å². The molecule has 1 amide bonds. The molecule has 1 heterocycles. The standard InChI is InChI=1S/C21H22FNO5/c1-21(2)11-17(25)20-16(24)9-15(10-18(20)28-21)27-12-19(26)23-7-6-13-4-3-5-14(22)8-13/h3-5,8-10,24H,6-7,11-12H2,1-2H3,(H,23,26). The molecule has 0 aromatic heterocycles. The first-order chi connectivity index (χ1) is 13.2. The van der Waals surface area contributed by atoms with Crippen molar-refractivity contribution in [2.24, 2.45) is 0 Å². The Morgan fingerprint density at radius 2 is 2.11 bits per heavy atom. The van der Waals surface area contributed by atoms with Crippen LogP contribution in [0.25, 0.3) is 0 Å². The molecule has 7 heteroatoms. The van der Waals surface area contributed by atoms with Crippen LogP contribution in [0, 0.1) is 5.82 Å². The third-order valence-corrected chi connectivity index (χ3v) is 4.30. The van der Waals surface area contributed by atoms with Gasteiger partial charge in [-0.15, -0.1) is 0 Å². The van der Waals surface area contributed by atoms with Crippen LogP contribution in [0.3, 0.4) is 0 Å². The number of nitrogens with one attached hydrogen (secondary N) is 1. The van der Waals surface area contributed by atoms with Gasteiger partial charge in [0.25, 0.3) is 5.91 Å². The molecule has 0 spiro atoms. The van der Waals surface area contributed by atoms with Crippen molar-refractivity contribution in [2.75, 3.05) is 13.2 Å². The van der Waals surface area contributed by atoms with Gasteiger partial charge in [-0.2, -0.15) is 0 Å². The van der Waals surface area contributed by atoms with Crippen LogP contribution in [0.1, 0.15) is 36.2 Å². The summed E-state index contributed by atoms with van der Waals surface area (Å²) in [5, 5.41) is 12.8. The average molecular weight is 387 g/mol. The Balaban J connectivity index is 1.55. The highest BCUT2D eigenvalue weighted by Gasteiger charge is 2.34. The number of Topliss-reactive ketones (excluding diaryl/α,β-unsaturated/α-hetero) is 1. The van der Waals surface area contributed by atoms with Gasteiger partial charge < -0.3 is 19.9 Å². The summed E-state index contributed by atoms with van der Waals surface area (Å²) in [7, 11) is 0. The van der Waals surface area contributed by atoms with Crippen LogP contribution in [0.4, 0.5) is 4.39 Å². The van der Waals surface area contributed by atoms with Crippen molar-refractivity contribution in [1.29, 1.82) is 0 Å². The summed E-state index contributed by atoms with van der Waals surface area (Å²) >= 11 is 0. The summed E-state index contributed by atoms with van der Waals surface area (Å²) in [4.78, 5) is 24.1. The van der Waals surface area contributed by atoms with Crippen LogP contribution < -0.4 is 14.8 Å². The molecule has 3 rings (SSSR count). The van der Waals surface area contributed by atoms with E-state index in [1.165, 1.54) is 24.3 Å². The molecule has 0 saturated carbocycles. The van der Waals surface area contributed by atoms with Crippen molar-refractivity contribution in [2.45, 2.75) is 32.3 Å². The molecular formula is C21H22FNO5. The van der Waals surface area contributed by atoms with Crippen LogP contribution in [0.15, 0.2) is 36.4 Å². The molecule has 0 saturated heterocycles. The molecule has 1 aliphatic rings. The Morgan fingerprint density at radius 1 is 1.32 bits per heavy atom. The maximum absolute atomic E-state index is 13.1. The van der Waals surface area contributed by atoms with Crippen LogP contribution in [-0.4, -0.2) is 35.5 Å². The number of carbonyl (C=O) groups excluding carboxylic acids is 2. The number of benzene rings is 2. The number of ketones is 1. The maximum atomic E-state index is 13.1. The number of amides is 1. The summed E-state index contributed by atoms with van der Waals surface area (Å²) < 4.78 is 24.3. The molecule has 2 aromatic carbocycles. The quantitative estimate of drug-likeness (QED) is 0.796. The van der Waals surface area contributed by atoms with Gasteiger partial charge in [-0.05, 0) is 38.0 Å². The number of hydrogen-bond donors (Lipinski definition) is 2. The lowest BCUT2D eigenvalue weighted by atomic mass is 9.92. The van der Waals surface area contributed by atoms with E-state index >= 15 is 0 Å². The number of fused-ring (bicyclic) bond motifs is 1. The minimum Gasteiger partial charge on any atom is -0.507 e. The highest BCUT2D eigenvalue weighted by Crippen LogP contribution is 2.40. The first-order valence-corrected chi connectivity index (χ1v) is 8.97. The summed E-state index contributed by atoms with van der Waals surface area (Å²) in [6, 6.07) is 8.96. The molecule has 2 aromatic rings. The minimum absolute atomic E-state index is 0.131. The van der Waals surface area contributed by atoms with Gasteiger partial charge in [0, 0.05) is 18.7 Å². The zero-order chi connectivity index (χ0) is 20.3. The Hall–Kier alpha value is -3.09. The Labute approximate surface area is 162 Å². The molecule has 2 N–H and O–H groups in total. The SMILES string of the molecule is CC1(C)CC(=O)c2c(O)cc(OCC(=O)NCCc3cccc(F)c3)cc2O1. The number of phenolic OH excluding ortho intramolecular Hbond substituents is 1. The number of carbonyl (C=O) groups is 2. The minimum atomic E-state index is -0.677.